The van der Waals surface area contributed by atoms with Crippen molar-refractivity contribution in [1.29, 1.82) is 0 Å². The number of cyclic esters (lactones) is 2. The number of benzene rings is 2. The highest BCUT2D eigenvalue weighted by molar-refractivity contribution is 6.18. The van der Waals surface area contributed by atoms with Gasteiger partial charge in [0, 0.05) is 26.7 Å². The lowest BCUT2D eigenvalue weighted by molar-refractivity contribution is -0.222. The normalized spacial score (nSPS) is 21.6. The zero-order valence-corrected chi connectivity index (χ0v) is 26.6. The summed E-state index contributed by atoms with van der Waals surface area (Å²) in [7, 11) is 0. The first-order chi connectivity index (χ1) is 21.6. The summed E-state index contributed by atoms with van der Waals surface area (Å²) in [5.41, 5.74) is 1.66. The van der Waals surface area contributed by atoms with Crippen LogP contribution in [0.2, 0.25) is 0 Å². The Bertz CT molecular complexity index is 1260. The van der Waals surface area contributed by atoms with Gasteiger partial charge in [0.15, 0.2) is 12.6 Å². The minimum atomic E-state index is -1.23. The van der Waals surface area contributed by atoms with Gasteiger partial charge in [-0.05, 0) is 80.0 Å². The third-order valence-electron chi connectivity index (χ3n) is 7.35. The molecule has 2 aromatic rings. The van der Waals surface area contributed by atoms with Crippen LogP contribution in [0.25, 0.3) is 6.08 Å². The fraction of sp³-hybridized carbons (Fsp3) is 0.514. The van der Waals surface area contributed by atoms with E-state index in [4.69, 9.17) is 33.2 Å². The predicted molar refractivity (Wildman–Crippen MR) is 165 cm³/mol. The van der Waals surface area contributed by atoms with Gasteiger partial charge < -0.3 is 33.2 Å². The van der Waals surface area contributed by atoms with Crippen LogP contribution < -0.4 is 9.47 Å². The maximum Gasteiger partial charge on any atom is 0.348 e. The molecule has 3 fully saturated rings. The first kappa shape index (κ1) is 34.0. The maximum atomic E-state index is 11.9. The SMILES string of the molecule is CC1(C)OC(=O)C(=Cc2ccc(OC3CCCCO3)cc2)C(=O)O1.CCOC(=O)CC(C)c1ccc(OC2CCCCO2)cc1. The van der Waals surface area contributed by atoms with Crippen molar-refractivity contribution >= 4 is 24.0 Å². The van der Waals surface area contributed by atoms with Crippen LogP contribution in [0.15, 0.2) is 54.1 Å². The van der Waals surface area contributed by atoms with Gasteiger partial charge in [0.05, 0.1) is 26.2 Å². The number of rotatable bonds is 9. The molecule has 3 aliphatic rings. The van der Waals surface area contributed by atoms with E-state index in [1.165, 1.54) is 19.9 Å². The standard InChI is InChI=1S/C18H20O6.C17H24O4/c1-18(2)23-16(19)14(17(20)24-18)11-12-6-8-13(9-7-12)22-15-5-3-4-10-21-15;1-3-19-16(18)12-13(2)14-7-9-15(10-8-14)21-17-6-4-5-11-20-17/h6-9,11,15H,3-5,10H2,1-2H3;7-10,13,17H,3-6,11-12H2,1-2H3. The van der Waals surface area contributed by atoms with Gasteiger partial charge in [-0.3, -0.25) is 4.79 Å². The van der Waals surface area contributed by atoms with Crippen LogP contribution in [0, 0.1) is 0 Å². The molecule has 3 unspecified atom stereocenters. The first-order valence-corrected chi connectivity index (χ1v) is 15.7. The summed E-state index contributed by atoms with van der Waals surface area (Å²) in [4.78, 5) is 35.3. The van der Waals surface area contributed by atoms with Crippen LogP contribution in [0.4, 0.5) is 0 Å². The Morgan fingerprint density at radius 1 is 0.844 bits per heavy atom. The molecule has 0 aliphatic carbocycles. The Hall–Kier alpha value is -3.89. The molecule has 10 nitrogen and oxygen atoms in total. The number of esters is 3. The van der Waals surface area contributed by atoms with Crippen molar-refractivity contribution in [3.63, 3.8) is 0 Å². The molecule has 5 rings (SSSR count). The number of carbonyl (C=O) groups is 3. The highest BCUT2D eigenvalue weighted by atomic mass is 16.7. The van der Waals surface area contributed by atoms with Gasteiger partial charge in [0.2, 0.25) is 0 Å². The van der Waals surface area contributed by atoms with Crippen molar-refractivity contribution in [1.82, 2.24) is 0 Å². The molecule has 3 aliphatic heterocycles. The lowest BCUT2D eigenvalue weighted by Crippen LogP contribution is -2.41. The van der Waals surface area contributed by atoms with Crippen LogP contribution in [-0.2, 0) is 38.1 Å². The average Bonchev–Trinajstić information content (AvgIpc) is 3.01. The molecule has 0 radical (unpaired) electrons. The summed E-state index contributed by atoms with van der Waals surface area (Å²) in [6.45, 7) is 8.80. The maximum absolute atomic E-state index is 11.9. The second kappa shape index (κ2) is 16.4. The molecule has 244 valence electrons. The van der Waals surface area contributed by atoms with Gasteiger partial charge in [-0.25, -0.2) is 9.59 Å². The zero-order valence-electron chi connectivity index (χ0n) is 26.6. The Labute approximate surface area is 264 Å². The first-order valence-electron chi connectivity index (χ1n) is 15.7. The monoisotopic (exact) mass is 624 g/mol. The molecule has 0 N–H and O–H groups in total. The van der Waals surface area contributed by atoms with E-state index >= 15 is 0 Å². The summed E-state index contributed by atoms with van der Waals surface area (Å²) < 4.78 is 37.7. The Morgan fingerprint density at radius 2 is 1.36 bits per heavy atom. The van der Waals surface area contributed by atoms with Crippen LogP contribution in [-0.4, -0.2) is 56.1 Å². The summed E-state index contributed by atoms with van der Waals surface area (Å²) in [5.74, 6) is -1.12. The van der Waals surface area contributed by atoms with Crippen LogP contribution in [0.1, 0.15) is 89.7 Å². The molecule has 0 amide bonds. The Kier molecular flexibility index (Phi) is 12.4. The van der Waals surface area contributed by atoms with E-state index < -0.39 is 17.7 Å². The topological polar surface area (TPSA) is 116 Å². The third kappa shape index (κ3) is 10.9. The van der Waals surface area contributed by atoms with Crippen LogP contribution >= 0.6 is 0 Å². The van der Waals surface area contributed by atoms with E-state index in [1.54, 1.807) is 24.3 Å². The fourth-order valence-corrected chi connectivity index (χ4v) is 4.96. The summed E-state index contributed by atoms with van der Waals surface area (Å²) >= 11 is 0. The van der Waals surface area contributed by atoms with Gasteiger partial charge in [-0.15, -0.1) is 0 Å². The molecule has 2 aromatic carbocycles. The zero-order chi connectivity index (χ0) is 32.2. The molecule has 0 bridgehead atoms. The Morgan fingerprint density at radius 3 is 1.82 bits per heavy atom. The van der Waals surface area contributed by atoms with Crippen molar-refractivity contribution < 1.29 is 47.5 Å². The minimum absolute atomic E-state index is 0.124. The fourth-order valence-electron chi connectivity index (χ4n) is 4.96. The number of hydrogen-bond donors (Lipinski definition) is 0. The largest absolute Gasteiger partial charge is 0.466 e. The molecular formula is C35H44O10. The lowest BCUT2D eigenvalue weighted by Gasteiger charge is -2.29. The highest BCUT2D eigenvalue weighted by Crippen LogP contribution is 2.26. The summed E-state index contributed by atoms with van der Waals surface area (Å²) in [6.07, 6.45) is 7.75. The van der Waals surface area contributed by atoms with Gasteiger partial charge in [-0.2, -0.15) is 0 Å². The van der Waals surface area contributed by atoms with E-state index in [9.17, 15) is 14.4 Å². The Balaban J connectivity index is 0.000000207. The molecule has 3 heterocycles. The van der Waals surface area contributed by atoms with Gasteiger partial charge in [0.1, 0.15) is 17.1 Å². The van der Waals surface area contributed by atoms with Crippen molar-refractivity contribution in [2.45, 2.75) is 96.9 Å². The van der Waals surface area contributed by atoms with Crippen LogP contribution in [0.3, 0.4) is 0 Å². The van der Waals surface area contributed by atoms with Crippen LogP contribution in [0.5, 0.6) is 11.5 Å². The summed E-state index contributed by atoms with van der Waals surface area (Å²) in [5, 5.41) is 0. The molecule has 45 heavy (non-hydrogen) atoms. The van der Waals surface area contributed by atoms with E-state index in [1.807, 2.05) is 38.1 Å². The molecule has 3 saturated heterocycles. The average molecular weight is 625 g/mol. The van der Waals surface area contributed by atoms with Gasteiger partial charge in [-0.1, -0.05) is 31.2 Å². The van der Waals surface area contributed by atoms with E-state index in [-0.39, 0.29) is 30.0 Å². The molecule has 3 atom stereocenters. The molecule has 0 spiro atoms. The van der Waals surface area contributed by atoms with Gasteiger partial charge in [0.25, 0.3) is 5.79 Å². The van der Waals surface area contributed by atoms with Gasteiger partial charge >= 0.3 is 17.9 Å². The lowest BCUT2D eigenvalue weighted by atomic mass is 9.98. The molecule has 0 saturated carbocycles. The summed E-state index contributed by atoms with van der Waals surface area (Å²) in [6, 6.07) is 14.9. The second-order valence-electron chi connectivity index (χ2n) is 11.6. The number of hydrogen-bond acceptors (Lipinski definition) is 10. The third-order valence-corrected chi connectivity index (χ3v) is 7.35. The smallest absolute Gasteiger partial charge is 0.348 e. The molecule has 10 heteroatoms. The van der Waals surface area contributed by atoms with Crippen molar-refractivity contribution in [2.24, 2.45) is 0 Å². The number of carbonyl (C=O) groups excluding carboxylic acids is 3. The van der Waals surface area contributed by atoms with Crippen molar-refractivity contribution in [2.75, 3.05) is 19.8 Å². The highest BCUT2D eigenvalue weighted by Gasteiger charge is 2.38. The van der Waals surface area contributed by atoms with E-state index in [0.29, 0.717) is 24.3 Å². The quantitative estimate of drug-likeness (QED) is 0.175. The number of ether oxygens (including phenoxy) is 7. The minimum Gasteiger partial charge on any atom is -0.466 e. The molecular weight excluding hydrogens is 580 g/mol. The van der Waals surface area contributed by atoms with E-state index in [2.05, 4.69) is 0 Å². The molecule has 0 aromatic heterocycles. The van der Waals surface area contributed by atoms with Crippen molar-refractivity contribution in [3.8, 4) is 11.5 Å². The second-order valence-corrected chi connectivity index (χ2v) is 11.6. The van der Waals surface area contributed by atoms with Crippen molar-refractivity contribution in [3.05, 3.63) is 65.2 Å². The predicted octanol–water partition coefficient (Wildman–Crippen LogP) is 6.46. The van der Waals surface area contributed by atoms with E-state index in [0.717, 1.165) is 63.1 Å².